The average molecular weight is 1420 g/mol. The van der Waals surface area contributed by atoms with Gasteiger partial charge in [0.1, 0.15) is 130 Å². The summed E-state index contributed by atoms with van der Waals surface area (Å²) >= 11 is 23.8. The van der Waals surface area contributed by atoms with Crippen LogP contribution in [0.1, 0.15) is 78.0 Å². The van der Waals surface area contributed by atoms with Gasteiger partial charge < -0.3 is 50.0 Å². The average Bonchev–Trinajstić information content (AvgIpc) is 1.72. The fourth-order valence-corrected chi connectivity index (χ4v) is 11.4. The highest BCUT2D eigenvalue weighted by atomic mass is 35.5. The van der Waals surface area contributed by atoms with E-state index < -0.39 is 167 Å². The van der Waals surface area contributed by atoms with Crippen molar-refractivity contribution in [2.75, 3.05) is 39.5 Å². The number of aromatic nitrogens is 12. The number of halogens is 14. The van der Waals surface area contributed by atoms with Crippen LogP contribution in [0.25, 0.3) is 33.9 Å². The molecule has 2 fully saturated rings. The zero-order valence-corrected chi connectivity index (χ0v) is 52.0. The van der Waals surface area contributed by atoms with Crippen LogP contribution >= 0.6 is 46.4 Å². The second-order valence-corrected chi connectivity index (χ2v) is 23.3. The Bertz CT molecular complexity index is 3810. The van der Waals surface area contributed by atoms with Crippen LogP contribution in [-0.2, 0) is 40.9 Å². The van der Waals surface area contributed by atoms with E-state index in [0.29, 0.717) is 18.6 Å². The van der Waals surface area contributed by atoms with Gasteiger partial charge >= 0.3 is 12.4 Å². The number of ether oxygens (including phenoxy) is 4. The predicted molar refractivity (Wildman–Crippen MR) is 312 cm³/mol. The highest BCUT2D eigenvalue weighted by Gasteiger charge is 2.53. The maximum Gasteiger partial charge on any atom is 0.418 e. The van der Waals surface area contributed by atoms with Crippen LogP contribution in [0.5, 0.6) is 0 Å². The topological polar surface area (TPSA) is 299 Å². The molecule has 6 heterocycles. The van der Waals surface area contributed by atoms with Crippen LogP contribution in [0.3, 0.4) is 0 Å². The summed E-state index contributed by atoms with van der Waals surface area (Å²) in [7, 11) is 0. The number of alkyl halides is 6. The van der Waals surface area contributed by atoms with Gasteiger partial charge in [0.15, 0.2) is 11.6 Å². The quantitative estimate of drug-likeness (QED) is 0.0212. The smallest absolute Gasteiger partial charge is 0.394 e. The summed E-state index contributed by atoms with van der Waals surface area (Å²) in [5, 5.41) is 72.5. The third kappa shape index (κ3) is 15.4. The zero-order valence-electron chi connectivity index (χ0n) is 49.0. The molecular formula is C57H52Cl4F10N14O10. The van der Waals surface area contributed by atoms with Crippen LogP contribution in [0.15, 0.2) is 73.1 Å². The maximum atomic E-state index is 14.6. The lowest BCUT2D eigenvalue weighted by atomic mass is 9.91. The van der Waals surface area contributed by atoms with Crippen molar-refractivity contribution in [1.82, 2.24) is 70.2 Å². The minimum atomic E-state index is -4.97. The summed E-state index contributed by atoms with van der Waals surface area (Å²) in [6.45, 7) is -0.809. The number of nitrogens with zero attached hydrogens (tertiary/aromatic N) is 12. The Kier molecular flexibility index (Phi) is 21.5. The lowest BCUT2D eigenvalue weighted by Crippen LogP contribution is -2.54. The van der Waals surface area contributed by atoms with E-state index in [9.17, 15) is 73.9 Å². The number of unbranched alkanes of at least 4 members (excludes halogenated alkanes) is 2. The Hall–Kier alpha value is -7.48. The van der Waals surface area contributed by atoms with E-state index in [0.717, 1.165) is 79.7 Å². The van der Waals surface area contributed by atoms with E-state index in [-0.39, 0.29) is 81.8 Å². The molecule has 0 bridgehead atoms. The number of carbonyl (C=O) groups excluding carboxylic acids is 2. The first-order chi connectivity index (χ1) is 45.0. The second-order valence-electron chi connectivity index (χ2n) is 21.7. The first-order valence-corrected chi connectivity index (χ1v) is 30.0. The van der Waals surface area contributed by atoms with Crippen LogP contribution in [0, 0.1) is 37.1 Å². The summed E-state index contributed by atoms with van der Waals surface area (Å²) in [5.74, 6) is -7.11. The molecule has 2 amide bonds. The predicted octanol–water partition coefficient (Wildman–Crippen LogP) is 8.13. The van der Waals surface area contributed by atoms with Gasteiger partial charge in [-0.15, -0.1) is 10.2 Å². The van der Waals surface area contributed by atoms with Crippen molar-refractivity contribution in [3.8, 4) is 33.9 Å². The van der Waals surface area contributed by atoms with Crippen molar-refractivity contribution in [3.63, 3.8) is 0 Å². The number of aliphatic hydroxyl groups excluding tert-OH is 4. The van der Waals surface area contributed by atoms with Gasteiger partial charge in [-0.3, -0.25) is 9.59 Å². The number of benzene rings is 4. The monoisotopic (exact) mass is 1420 g/mol. The molecule has 2 aliphatic heterocycles. The molecule has 508 valence electrons. The van der Waals surface area contributed by atoms with Gasteiger partial charge in [-0.1, -0.05) is 56.8 Å². The fourth-order valence-electron chi connectivity index (χ4n) is 10.9. The molecule has 24 nitrogen and oxygen atoms in total. The SMILES string of the molecule is Cc1nc([C@H]2O[C@@H](CO)[C@@H](O)[C@@H](n3cc(-c4cc(F)c(Cl)c(F)c4)nn3)[C@@H]2OCC(=O)NCCCCCNC(=O)CO[C@@H]2[C@@H](n3cc(-c4cc(F)c(Cl)c(F)c4)nn3)[C@@H](O)[C@@H](CO)O[C@H]2c2nc(C)nn2-c2cc(Cl)ccc2C(F)(F)F)n(-c2cc(Cl)ccc2C(F)(F)F)n1. The van der Waals surface area contributed by atoms with Crippen molar-refractivity contribution in [2.24, 2.45) is 0 Å². The molecule has 8 aromatic rings. The molecule has 2 aliphatic rings. The molecule has 4 aromatic heterocycles. The van der Waals surface area contributed by atoms with E-state index in [4.69, 9.17) is 65.4 Å². The summed E-state index contributed by atoms with van der Waals surface area (Å²) in [5.41, 5.74) is -4.30. The molecule has 95 heavy (non-hydrogen) atoms. The number of aliphatic hydroxyl groups is 4. The highest BCUT2D eigenvalue weighted by molar-refractivity contribution is 6.31. The van der Waals surface area contributed by atoms with Crippen molar-refractivity contribution in [1.29, 1.82) is 0 Å². The van der Waals surface area contributed by atoms with Crippen LogP contribution < -0.4 is 10.6 Å². The molecule has 0 unspecified atom stereocenters. The maximum absolute atomic E-state index is 14.6. The van der Waals surface area contributed by atoms with Crippen LogP contribution in [-0.4, -0.2) is 168 Å². The molecule has 10 rings (SSSR count). The Morgan fingerprint density at radius 1 is 0.579 bits per heavy atom. The Morgan fingerprint density at radius 2 is 0.947 bits per heavy atom. The minimum Gasteiger partial charge on any atom is -0.394 e. The highest BCUT2D eigenvalue weighted by Crippen LogP contribution is 2.45. The minimum absolute atomic E-state index is 0.0110. The lowest BCUT2D eigenvalue weighted by Gasteiger charge is -2.43. The molecule has 0 spiro atoms. The molecule has 38 heteroatoms. The standard InChI is InChI=1S/C57H52Cl4F10N14O10/c1-24-74-54(84(78-24)38-16-28(58)6-8-30(38)56(66,67)68)52-50(46(48(90)40(20-86)94-52)82-18-36(76-80-82)26-12-32(62)44(60)33(63)13-26)92-22-42(88)72-10-4-3-5-11-73-43(89)23-93-51-47(83-19-37(77-81-83)27-14-34(64)45(61)35(65)15-27)49(91)41(21-87)95-53(51)55-75-25(2)79-85(55)39-17-29(59)7-9-31(39)57(69,70)71/h6-9,12-19,40-41,46-53,86-87,90-91H,3-5,10-11,20-23H2,1-2H3,(H,72,88)(H,73,89)/t40-,41+,46+,47-,48+,49-,50-,51+,52-,53+. The number of hydrogen-bond donors (Lipinski definition) is 6. The molecule has 10 atom stereocenters. The van der Waals surface area contributed by atoms with Gasteiger partial charge in [0.2, 0.25) is 11.8 Å². The van der Waals surface area contributed by atoms with Crippen molar-refractivity contribution >= 4 is 58.2 Å². The van der Waals surface area contributed by atoms with Crippen molar-refractivity contribution in [3.05, 3.63) is 151 Å². The molecule has 0 aliphatic carbocycles. The van der Waals surface area contributed by atoms with Crippen LogP contribution in [0.4, 0.5) is 43.9 Å². The third-order valence-electron chi connectivity index (χ3n) is 15.2. The van der Waals surface area contributed by atoms with Crippen molar-refractivity contribution < 1.29 is 92.9 Å². The van der Waals surface area contributed by atoms with Gasteiger partial charge in [0.25, 0.3) is 0 Å². The van der Waals surface area contributed by atoms with Gasteiger partial charge in [-0.05, 0) is 93.8 Å². The van der Waals surface area contributed by atoms with E-state index in [2.05, 4.69) is 51.4 Å². The molecular weight excluding hydrogens is 1370 g/mol. The Labute approximate surface area is 549 Å². The molecule has 4 aromatic carbocycles. The third-order valence-corrected chi connectivity index (χ3v) is 16.4. The van der Waals surface area contributed by atoms with E-state index in [1.807, 2.05) is 0 Å². The summed E-state index contributed by atoms with van der Waals surface area (Å²) in [6.07, 6.45) is -20.2. The van der Waals surface area contributed by atoms with Crippen molar-refractivity contribution in [2.45, 2.75) is 106 Å². The fraction of sp³-hybridized carbons (Fsp3) is 0.404. The van der Waals surface area contributed by atoms with E-state index >= 15 is 0 Å². The summed E-state index contributed by atoms with van der Waals surface area (Å²) in [6, 6.07) is 5.67. The van der Waals surface area contributed by atoms with Gasteiger partial charge in [0, 0.05) is 34.3 Å². The first-order valence-electron chi connectivity index (χ1n) is 28.4. The number of aryl methyl sites for hydroxylation is 2. The molecule has 2 saturated heterocycles. The summed E-state index contributed by atoms with van der Waals surface area (Å²) < 4.78 is 174. The van der Waals surface area contributed by atoms with Gasteiger partial charge in [0.05, 0.1) is 48.1 Å². The Morgan fingerprint density at radius 3 is 1.29 bits per heavy atom. The number of carbonyl (C=O) groups is 2. The van der Waals surface area contributed by atoms with Gasteiger partial charge in [-0.2, -0.15) is 36.5 Å². The molecule has 0 radical (unpaired) electrons. The largest absolute Gasteiger partial charge is 0.418 e. The normalized spacial score (nSPS) is 21.7. The number of hydrogen-bond acceptors (Lipinski definition) is 18. The zero-order chi connectivity index (χ0) is 68.5. The number of nitrogens with one attached hydrogen (secondary N) is 2. The van der Waals surface area contributed by atoms with E-state index in [1.165, 1.54) is 13.8 Å². The van der Waals surface area contributed by atoms with E-state index in [1.54, 1.807) is 0 Å². The summed E-state index contributed by atoms with van der Waals surface area (Å²) in [4.78, 5) is 35.9. The van der Waals surface area contributed by atoms with Crippen LogP contribution in [0.2, 0.25) is 20.1 Å². The Balaban J connectivity index is 0.827. The number of rotatable bonds is 22. The number of amides is 2. The van der Waals surface area contributed by atoms with Gasteiger partial charge in [-0.25, -0.2) is 46.3 Å². The second kappa shape index (κ2) is 29.1. The molecule has 0 saturated carbocycles. The lowest BCUT2D eigenvalue weighted by molar-refractivity contribution is -0.223. The first kappa shape index (κ1) is 70.3. The molecule has 6 N–H and O–H groups in total.